The SMILES string of the molecule is C=C/C=C/C[C@H]1O[C@H](COCc2ccccc2)[C@@H](OCc2ccccc2)[C@H](OCc2ccccc2)[C@H]1OCc1ccccc1. The van der Waals surface area contributed by atoms with Crippen LogP contribution < -0.4 is 0 Å². The van der Waals surface area contributed by atoms with Gasteiger partial charge in [-0.15, -0.1) is 0 Å². The molecule has 0 saturated carbocycles. The third-order valence-electron chi connectivity index (χ3n) is 7.62. The molecule has 1 aliphatic rings. The monoisotopic (exact) mass is 590 g/mol. The molecule has 1 heterocycles. The molecule has 1 saturated heterocycles. The molecule has 5 rings (SSSR count). The molecule has 0 amide bonds. The van der Waals surface area contributed by atoms with Crippen molar-refractivity contribution in [2.45, 2.75) is 63.4 Å². The average molecular weight is 591 g/mol. The predicted octanol–water partition coefficient (Wildman–Crippen LogP) is 7.86. The number of rotatable bonds is 16. The van der Waals surface area contributed by atoms with E-state index in [0.717, 1.165) is 22.3 Å². The number of hydrogen-bond acceptors (Lipinski definition) is 5. The molecule has 0 bridgehead atoms. The van der Waals surface area contributed by atoms with Gasteiger partial charge in [0.15, 0.2) is 0 Å². The summed E-state index contributed by atoms with van der Waals surface area (Å²) < 4.78 is 33.2. The third-order valence-corrected chi connectivity index (χ3v) is 7.62. The molecule has 0 N–H and O–H groups in total. The molecule has 4 aromatic carbocycles. The minimum atomic E-state index is -0.435. The maximum atomic E-state index is 6.81. The van der Waals surface area contributed by atoms with Gasteiger partial charge in [-0.25, -0.2) is 0 Å². The second kappa shape index (κ2) is 17.5. The van der Waals surface area contributed by atoms with Crippen molar-refractivity contribution in [1.29, 1.82) is 0 Å². The molecular weight excluding hydrogens is 548 g/mol. The fraction of sp³-hybridized carbons (Fsp3) is 0.282. The van der Waals surface area contributed by atoms with Crippen LogP contribution in [0, 0.1) is 0 Å². The van der Waals surface area contributed by atoms with E-state index in [4.69, 9.17) is 23.7 Å². The van der Waals surface area contributed by atoms with Crippen molar-refractivity contribution in [3.05, 3.63) is 168 Å². The van der Waals surface area contributed by atoms with Crippen LogP contribution in [-0.2, 0) is 50.1 Å². The highest BCUT2D eigenvalue weighted by atomic mass is 16.6. The lowest BCUT2D eigenvalue weighted by molar-refractivity contribution is -0.271. The molecule has 228 valence electrons. The molecule has 1 fully saturated rings. The molecule has 0 aromatic heterocycles. The highest BCUT2D eigenvalue weighted by Gasteiger charge is 2.48. The second-order valence-corrected chi connectivity index (χ2v) is 10.9. The van der Waals surface area contributed by atoms with Crippen LogP contribution in [0.25, 0.3) is 0 Å². The first-order valence-electron chi connectivity index (χ1n) is 15.3. The fourth-order valence-corrected chi connectivity index (χ4v) is 5.38. The van der Waals surface area contributed by atoms with Crippen molar-refractivity contribution in [3.63, 3.8) is 0 Å². The van der Waals surface area contributed by atoms with Crippen LogP contribution in [0.4, 0.5) is 0 Å². The van der Waals surface area contributed by atoms with Crippen molar-refractivity contribution in [2.24, 2.45) is 0 Å². The largest absolute Gasteiger partial charge is 0.374 e. The Labute approximate surface area is 261 Å². The van der Waals surface area contributed by atoms with E-state index in [2.05, 4.69) is 61.2 Å². The lowest BCUT2D eigenvalue weighted by atomic mass is 9.92. The van der Waals surface area contributed by atoms with E-state index in [1.165, 1.54) is 0 Å². The van der Waals surface area contributed by atoms with E-state index in [1.54, 1.807) is 6.08 Å². The van der Waals surface area contributed by atoms with Crippen molar-refractivity contribution < 1.29 is 23.7 Å². The highest BCUT2D eigenvalue weighted by molar-refractivity contribution is 5.17. The molecule has 44 heavy (non-hydrogen) atoms. The van der Waals surface area contributed by atoms with Gasteiger partial charge in [-0.3, -0.25) is 0 Å². The molecule has 5 heteroatoms. The molecule has 1 aliphatic heterocycles. The van der Waals surface area contributed by atoms with Gasteiger partial charge < -0.3 is 23.7 Å². The summed E-state index contributed by atoms with van der Waals surface area (Å²) >= 11 is 0. The summed E-state index contributed by atoms with van der Waals surface area (Å²) in [6.07, 6.45) is 4.53. The Morgan fingerprint density at radius 3 is 1.39 bits per heavy atom. The first-order chi connectivity index (χ1) is 21.8. The van der Waals surface area contributed by atoms with Gasteiger partial charge in [-0.05, 0) is 28.7 Å². The quantitative estimate of drug-likeness (QED) is 0.124. The lowest BCUT2D eigenvalue weighted by Crippen LogP contribution is -2.61. The van der Waals surface area contributed by atoms with E-state index in [0.29, 0.717) is 39.5 Å². The van der Waals surface area contributed by atoms with Crippen molar-refractivity contribution in [1.82, 2.24) is 0 Å². The van der Waals surface area contributed by atoms with E-state index >= 15 is 0 Å². The van der Waals surface area contributed by atoms with Crippen LogP contribution in [0.15, 0.2) is 146 Å². The Morgan fingerprint density at radius 2 is 0.932 bits per heavy atom. The van der Waals surface area contributed by atoms with Crippen LogP contribution in [-0.4, -0.2) is 37.1 Å². The Morgan fingerprint density at radius 1 is 0.523 bits per heavy atom. The van der Waals surface area contributed by atoms with Crippen LogP contribution in [0.5, 0.6) is 0 Å². The Balaban J connectivity index is 1.43. The van der Waals surface area contributed by atoms with Gasteiger partial charge in [0.2, 0.25) is 0 Å². The summed E-state index contributed by atoms with van der Waals surface area (Å²) in [7, 11) is 0. The van der Waals surface area contributed by atoms with Gasteiger partial charge in [0.1, 0.15) is 24.4 Å². The Kier molecular flexibility index (Phi) is 12.5. The van der Waals surface area contributed by atoms with E-state index in [1.807, 2.05) is 78.9 Å². The summed E-state index contributed by atoms with van der Waals surface area (Å²) in [5.41, 5.74) is 4.36. The van der Waals surface area contributed by atoms with Crippen LogP contribution in [0.3, 0.4) is 0 Å². The van der Waals surface area contributed by atoms with Crippen molar-refractivity contribution in [3.8, 4) is 0 Å². The van der Waals surface area contributed by atoms with Gasteiger partial charge in [0.05, 0.1) is 39.1 Å². The second-order valence-electron chi connectivity index (χ2n) is 10.9. The third kappa shape index (κ3) is 9.58. The van der Waals surface area contributed by atoms with Gasteiger partial charge in [0.25, 0.3) is 0 Å². The fourth-order valence-electron chi connectivity index (χ4n) is 5.38. The zero-order valence-corrected chi connectivity index (χ0v) is 25.2. The molecular formula is C39H42O5. The minimum absolute atomic E-state index is 0.280. The molecule has 4 aromatic rings. The molecule has 0 spiro atoms. The van der Waals surface area contributed by atoms with E-state index in [-0.39, 0.29) is 18.3 Å². The molecule has 5 atom stereocenters. The Hall–Kier alpha value is -3.84. The maximum Gasteiger partial charge on any atom is 0.115 e. The van der Waals surface area contributed by atoms with Gasteiger partial charge in [-0.2, -0.15) is 0 Å². The Bertz CT molecular complexity index is 1380. The first kappa shape index (κ1) is 31.6. The van der Waals surface area contributed by atoms with Crippen LogP contribution >= 0.6 is 0 Å². The zero-order chi connectivity index (χ0) is 30.2. The van der Waals surface area contributed by atoms with Gasteiger partial charge in [0, 0.05) is 0 Å². The molecule has 0 radical (unpaired) electrons. The van der Waals surface area contributed by atoms with E-state index in [9.17, 15) is 0 Å². The van der Waals surface area contributed by atoms with Gasteiger partial charge >= 0.3 is 0 Å². The van der Waals surface area contributed by atoms with Crippen molar-refractivity contribution >= 4 is 0 Å². The van der Waals surface area contributed by atoms with Gasteiger partial charge in [-0.1, -0.05) is 146 Å². The van der Waals surface area contributed by atoms with Crippen LogP contribution in [0.1, 0.15) is 28.7 Å². The standard InChI is InChI=1S/C39H42O5/c1-2-3-8-25-35-37(41-27-32-19-11-5-12-20-32)39(43-29-34-23-15-7-16-24-34)38(42-28-33-21-13-6-14-22-33)36(44-35)30-40-26-31-17-9-4-10-18-31/h2-24,35-39H,1,25-30H2/b8-3+/t35-,36-,37+,38-,39-/m1/s1. The lowest BCUT2D eigenvalue weighted by Gasteiger charge is -2.46. The number of hydrogen-bond donors (Lipinski definition) is 0. The summed E-state index contributed by atoms with van der Waals surface area (Å²) in [4.78, 5) is 0. The highest BCUT2D eigenvalue weighted by Crippen LogP contribution is 2.32. The molecule has 5 nitrogen and oxygen atoms in total. The maximum absolute atomic E-state index is 6.81. The molecule has 0 aliphatic carbocycles. The number of ether oxygens (including phenoxy) is 5. The topological polar surface area (TPSA) is 46.2 Å². The molecule has 0 unspecified atom stereocenters. The summed E-state index contributed by atoms with van der Waals surface area (Å²) in [5.74, 6) is 0. The number of benzene rings is 4. The summed E-state index contributed by atoms with van der Waals surface area (Å²) in [5, 5.41) is 0. The van der Waals surface area contributed by atoms with E-state index < -0.39 is 12.2 Å². The smallest absolute Gasteiger partial charge is 0.115 e. The number of allylic oxidation sites excluding steroid dienone is 2. The minimum Gasteiger partial charge on any atom is -0.374 e. The predicted molar refractivity (Wildman–Crippen MR) is 174 cm³/mol. The average Bonchev–Trinajstić information content (AvgIpc) is 3.08. The first-order valence-corrected chi connectivity index (χ1v) is 15.3. The summed E-state index contributed by atoms with van der Waals surface area (Å²) in [6.45, 7) is 5.96. The zero-order valence-electron chi connectivity index (χ0n) is 25.2. The van der Waals surface area contributed by atoms with Crippen molar-refractivity contribution in [2.75, 3.05) is 6.61 Å². The normalized spacial score (nSPS) is 21.8. The summed E-state index contributed by atoms with van der Waals surface area (Å²) in [6, 6.07) is 40.8. The van der Waals surface area contributed by atoms with Crippen LogP contribution in [0.2, 0.25) is 0 Å².